The summed E-state index contributed by atoms with van der Waals surface area (Å²) in [5.74, 6) is -0.276. The predicted molar refractivity (Wildman–Crippen MR) is 82.0 cm³/mol. The fourth-order valence-electron chi connectivity index (χ4n) is 2.62. The van der Waals surface area contributed by atoms with Crippen molar-refractivity contribution < 1.29 is 9.18 Å². The number of likely N-dealkylation sites (tertiary alicyclic amines) is 1. The standard InChI is InChI=1S/C16H17FN2OS/c1-11-18-14(16(20)19-9-3-2-4-10-19)15(21-11)12-5-7-13(17)8-6-12/h5-8H,2-4,9-10H2,1H3. The minimum Gasteiger partial charge on any atom is -0.337 e. The molecule has 3 rings (SSSR count). The van der Waals surface area contributed by atoms with Crippen LogP contribution in [0.1, 0.15) is 34.8 Å². The van der Waals surface area contributed by atoms with Crippen molar-refractivity contribution in [2.45, 2.75) is 26.2 Å². The van der Waals surface area contributed by atoms with Crippen LogP contribution in [0.4, 0.5) is 4.39 Å². The normalized spacial score (nSPS) is 15.2. The summed E-state index contributed by atoms with van der Waals surface area (Å²) in [4.78, 5) is 19.8. The molecule has 0 spiro atoms. The number of hydrogen-bond acceptors (Lipinski definition) is 3. The van der Waals surface area contributed by atoms with E-state index in [1.54, 1.807) is 12.1 Å². The van der Waals surface area contributed by atoms with Crippen molar-refractivity contribution in [3.8, 4) is 10.4 Å². The van der Waals surface area contributed by atoms with Gasteiger partial charge in [-0.2, -0.15) is 0 Å². The van der Waals surface area contributed by atoms with E-state index in [1.807, 2.05) is 11.8 Å². The maximum atomic E-state index is 13.1. The molecule has 1 fully saturated rings. The SMILES string of the molecule is Cc1nc(C(=O)N2CCCCC2)c(-c2ccc(F)cc2)s1. The second-order valence-corrected chi connectivity index (χ2v) is 6.47. The zero-order valence-electron chi connectivity index (χ0n) is 11.9. The molecule has 1 aromatic carbocycles. The fourth-order valence-corrected chi connectivity index (χ4v) is 3.53. The van der Waals surface area contributed by atoms with Crippen molar-refractivity contribution in [1.29, 1.82) is 0 Å². The Bertz CT molecular complexity index is 645. The number of aromatic nitrogens is 1. The van der Waals surface area contributed by atoms with Crippen LogP contribution in [0.15, 0.2) is 24.3 Å². The zero-order chi connectivity index (χ0) is 14.8. The van der Waals surface area contributed by atoms with Gasteiger partial charge in [0.2, 0.25) is 0 Å². The number of carbonyl (C=O) groups excluding carboxylic acids is 1. The molecule has 1 saturated heterocycles. The first kappa shape index (κ1) is 14.2. The first-order chi connectivity index (χ1) is 10.1. The summed E-state index contributed by atoms with van der Waals surface area (Å²) in [6.07, 6.45) is 3.30. The van der Waals surface area contributed by atoms with E-state index in [-0.39, 0.29) is 11.7 Å². The van der Waals surface area contributed by atoms with Gasteiger partial charge in [0.05, 0.1) is 9.88 Å². The zero-order valence-corrected chi connectivity index (χ0v) is 12.8. The van der Waals surface area contributed by atoms with Crippen molar-refractivity contribution in [2.75, 3.05) is 13.1 Å². The lowest BCUT2D eigenvalue weighted by Crippen LogP contribution is -2.36. The Kier molecular flexibility index (Phi) is 4.01. The third-order valence-electron chi connectivity index (χ3n) is 3.69. The number of rotatable bonds is 2. The molecule has 0 bridgehead atoms. The van der Waals surface area contributed by atoms with E-state index >= 15 is 0 Å². The molecule has 0 aliphatic carbocycles. The largest absolute Gasteiger partial charge is 0.337 e. The van der Waals surface area contributed by atoms with E-state index in [1.165, 1.54) is 29.9 Å². The highest BCUT2D eigenvalue weighted by molar-refractivity contribution is 7.15. The Balaban J connectivity index is 1.95. The van der Waals surface area contributed by atoms with Crippen LogP contribution in [-0.4, -0.2) is 28.9 Å². The third-order valence-corrected chi connectivity index (χ3v) is 4.71. The minimum absolute atomic E-state index is 0.00150. The summed E-state index contributed by atoms with van der Waals surface area (Å²) in [6, 6.07) is 6.24. The summed E-state index contributed by atoms with van der Waals surface area (Å²) >= 11 is 1.48. The van der Waals surface area contributed by atoms with Crippen molar-refractivity contribution in [3.05, 3.63) is 40.8 Å². The van der Waals surface area contributed by atoms with E-state index < -0.39 is 0 Å². The van der Waals surface area contributed by atoms with Crippen LogP contribution in [0.25, 0.3) is 10.4 Å². The Morgan fingerprint density at radius 3 is 2.52 bits per heavy atom. The third kappa shape index (κ3) is 2.97. The summed E-state index contributed by atoms with van der Waals surface area (Å²) in [5, 5.41) is 0.856. The molecular formula is C16H17FN2OS. The smallest absolute Gasteiger partial charge is 0.273 e. The van der Waals surface area contributed by atoms with Crippen molar-refractivity contribution in [3.63, 3.8) is 0 Å². The monoisotopic (exact) mass is 304 g/mol. The van der Waals surface area contributed by atoms with Gasteiger partial charge in [0.1, 0.15) is 11.5 Å². The van der Waals surface area contributed by atoms with Crippen LogP contribution < -0.4 is 0 Å². The lowest BCUT2D eigenvalue weighted by Gasteiger charge is -2.26. The summed E-state index contributed by atoms with van der Waals surface area (Å²) in [7, 11) is 0. The number of benzene rings is 1. The predicted octanol–water partition coefficient (Wildman–Crippen LogP) is 3.88. The second kappa shape index (κ2) is 5.93. The Morgan fingerprint density at radius 2 is 1.86 bits per heavy atom. The van der Waals surface area contributed by atoms with Gasteiger partial charge in [-0.15, -0.1) is 11.3 Å². The number of amides is 1. The van der Waals surface area contributed by atoms with Crippen molar-refractivity contribution in [2.24, 2.45) is 0 Å². The summed E-state index contributed by atoms with van der Waals surface area (Å²) in [6.45, 7) is 3.50. The number of hydrogen-bond donors (Lipinski definition) is 0. The van der Waals surface area contributed by atoms with E-state index in [0.29, 0.717) is 5.69 Å². The maximum Gasteiger partial charge on any atom is 0.273 e. The van der Waals surface area contributed by atoms with Gasteiger partial charge in [-0.3, -0.25) is 4.79 Å². The molecule has 21 heavy (non-hydrogen) atoms. The lowest BCUT2D eigenvalue weighted by molar-refractivity contribution is 0.0720. The molecule has 2 heterocycles. The van der Waals surface area contributed by atoms with Crippen molar-refractivity contribution >= 4 is 17.2 Å². The maximum absolute atomic E-state index is 13.1. The van der Waals surface area contributed by atoms with Gasteiger partial charge in [-0.25, -0.2) is 9.37 Å². The molecule has 1 aliphatic rings. The molecule has 0 N–H and O–H groups in total. The van der Waals surface area contributed by atoms with E-state index in [9.17, 15) is 9.18 Å². The molecule has 1 amide bonds. The summed E-state index contributed by atoms with van der Waals surface area (Å²) in [5.41, 5.74) is 1.35. The molecule has 3 nitrogen and oxygen atoms in total. The second-order valence-electron chi connectivity index (χ2n) is 5.27. The Morgan fingerprint density at radius 1 is 1.19 bits per heavy atom. The number of aryl methyl sites for hydroxylation is 1. The van der Waals surface area contributed by atoms with Gasteiger partial charge in [0.25, 0.3) is 5.91 Å². The first-order valence-electron chi connectivity index (χ1n) is 7.18. The highest BCUT2D eigenvalue weighted by Crippen LogP contribution is 2.31. The van der Waals surface area contributed by atoms with Crippen LogP contribution in [0, 0.1) is 12.7 Å². The van der Waals surface area contributed by atoms with Gasteiger partial charge >= 0.3 is 0 Å². The Labute approximate surface area is 127 Å². The van der Waals surface area contributed by atoms with Crippen LogP contribution in [0.2, 0.25) is 0 Å². The van der Waals surface area contributed by atoms with Gasteiger partial charge in [-0.05, 0) is 43.9 Å². The van der Waals surface area contributed by atoms with E-state index in [4.69, 9.17) is 0 Å². The number of carbonyl (C=O) groups is 1. The molecule has 5 heteroatoms. The van der Waals surface area contributed by atoms with E-state index in [0.717, 1.165) is 41.4 Å². The molecule has 1 aliphatic heterocycles. The molecule has 0 radical (unpaired) electrons. The van der Waals surface area contributed by atoms with Crippen molar-refractivity contribution in [1.82, 2.24) is 9.88 Å². The average Bonchev–Trinajstić information content (AvgIpc) is 2.90. The highest BCUT2D eigenvalue weighted by atomic mass is 32.1. The summed E-state index contributed by atoms with van der Waals surface area (Å²) < 4.78 is 13.1. The molecule has 1 aromatic heterocycles. The first-order valence-corrected chi connectivity index (χ1v) is 7.99. The van der Waals surface area contributed by atoms with E-state index in [2.05, 4.69) is 4.98 Å². The number of thiazole rings is 1. The Hall–Kier alpha value is -1.75. The van der Waals surface area contributed by atoms with Crippen LogP contribution in [0.5, 0.6) is 0 Å². The lowest BCUT2D eigenvalue weighted by atomic mass is 10.1. The number of piperidine rings is 1. The van der Waals surface area contributed by atoms with Gasteiger partial charge in [-0.1, -0.05) is 12.1 Å². The number of nitrogens with zero attached hydrogens (tertiary/aromatic N) is 2. The van der Waals surface area contributed by atoms with Gasteiger partial charge in [0, 0.05) is 13.1 Å². The fraction of sp³-hybridized carbons (Fsp3) is 0.375. The van der Waals surface area contributed by atoms with Gasteiger partial charge in [0.15, 0.2) is 0 Å². The minimum atomic E-state index is -0.274. The quantitative estimate of drug-likeness (QED) is 0.843. The highest BCUT2D eigenvalue weighted by Gasteiger charge is 2.24. The van der Waals surface area contributed by atoms with Gasteiger partial charge < -0.3 is 4.90 Å². The molecule has 0 atom stereocenters. The molecule has 0 unspecified atom stereocenters. The topological polar surface area (TPSA) is 33.2 Å². The molecular weight excluding hydrogens is 287 g/mol. The van der Waals surface area contributed by atoms with Crippen LogP contribution in [-0.2, 0) is 0 Å². The van der Waals surface area contributed by atoms with Crippen LogP contribution >= 0.6 is 11.3 Å². The number of halogens is 1. The average molecular weight is 304 g/mol. The molecule has 0 saturated carbocycles. The molecule has 2 aromatic rings. The molecule has 110 valence electrons. The van der Waals surface area contributed by atoms with Crippen LogP contribution in [0.3, 0.4) is 0 Å².